The molecule has 0 aromatic heterocycles. The zero-order valence-corrected chi connectivity index (χ0v) is 16.1. The lowest BCUT2D eigenvalue weighted by atomic mass is 10.1. The molecule has 0 fully saturated rings. The van der Waals surface area contributed by atoms with Gasteiger partial charge in [-0.3, -0.25) is 14.5 Å². The number of fused-ring (bicyclic) bond motifs is 1. The van der Waals surface area contributed by atoms with Crippen LogP contribution in [0.25, 0.3) is 6.08 Å². The molecule has 2 amide bonds. The number of benzene rings is 2. The summed E-state index contributed by atoms with van der Waals surface area (Å²) in [5.41, 5.74) is 0.944. The first-order valence-electron chi connectivity index (χ1n) is 8.90. The van der Waals surface area contributed by atoms with E-state index in [0.29, 0.717) is 17.0 Å². The topological polar surface area (TPSA) is 77.1 Å². The number of hydrogen-bond donors (Lipinski definition) is 1. The molecule has 2 aromatic rings. The Kier molecular flexibility index (Phi) is 6.58. The van der Waals surface area contributed by atoms with Gasteiger partial charge in [0, 0.05) is 14.2 Å². The molecule has 1 heterocycles. The molecule has 0 aliphatic carbocycles. The predicted molar refractivity (Wildman–Crippen MR) is 105 cm³/mol. The Morgan fingerprint density at radius 3 is 2.69 bits per heavy atom. The fourth-order valence-corrected chi connectivity index (χ4v) is 2.83. The van der Waals surface area contributed by atoms with Crippen LogP contribution in [0.15, 0.2) is 54.3 Å². The number of carbonyl (C=O) groups excluding carboxylic acids is 2. The maximum absolute atomic E-state index is 13.5. The van der Waals surface area contributed by atoms with E-state index in [2.05, 4.69) is 5.32 Å². The molecule has 1 aliphatic rings. The number of methoxy groups -OCH3 is 2. The third-order valence-corrected chi connectivity index (χ3v) is 4.27. The first-order chi connectivity index (χ1) is 14.0. The predicted octanol–water partition coefficient (Wildman–Crippen LogP) is 2.33. The Hall–Kier alpha value is -3.23. The van der Waals surface area contributed by atoms with Crippen molar-refractivity contribution in [2.24, 2.45) is 0 Å². The lowest BCUT2D eigenvalue weighted by Gasteiger charge is -2.30. The lowest BCUT2D eigenvalue weighted by Crippen LogP contribution is -2.45. The summed E-state index contributed by atoms with van der Waals surface area (Å²) in [6.07, 6.45) is 0.855. The van der Waals surface area contributed by atoms with Crippen LogP contribution in [-0.2, 0) is 19.1 Å². The van der Waals surface area contributed by atoms with Gasteiger partial charge in [0.05, 0.1) is 12.2 Å². The Morgan fingerprint density at radius 1 is 1.21 bits per heavy atom. The van der Waals surface area contributed by atoms with Crippen LogP contribution in [0.4, 0.5) is 10.1 Å². The van der Waals surface area contributed by atoms with Gasteiger partial charge >= 0.3 is 0 Å². The van der Waals surface area contributed by atoms with Crippen molar-refractivity contribution in [2.75, 3.05) is 32.2 Å². The average Bonchev–Trinajstić information content (AvgIpc) is 2.72. The molecule has 0 unspecified atom stereocenters. The second-order valence-corrected chi connectivity index (χ2v) is 6.23. The van der Waals surface area contributed by atoms with Crippen LogP contribution in [0.1, 0.15) is 5.56 Å². The molecular formula is C21H21FN2O5. The summed E-state index contributed by atoms with van der Waals surface area (Å²) in [5, 5.41) is 2.66. The third-order valence-electron chi connectivity index (χ3n) is 4.27. The number of para-hydroxylation sites is 2. The third kappa shape index (κ3) is 4.98. The Labute approximate surface area is 167 Å². The number of carbonyl (C=O) groups is 2. The highest BCUT2D eigenvalue weighted by Gasteiger charge is 2.31. The second kappa shape index (κ2) is 9.31. The molecule has 0 radical (unpaired) electrons. The van der Waals surface area contributed by atoms with Crippen LogP contribution in [0, 0.1) is 5.82 Å². The molecule has 0 spiro atoms. The fraction of sp³-hybridized carbons (Fsp3) is 0.238. The maximum Gasteiger partial charge on any atom is 0.294 e. The van der Waals surface area contributed by atoms with Crippen molar-refractivity contribution >= 4 is 23.6 Å². The van der Waals surface area contributed by atoms with Crippen LogP contribution in [0.5, 0.6) is 5.75 Å². The Balaban J connectivity index is 1.83. The van der Waals surface area contributed by atoms with E-state index in [1.807, 2.05) is 0 Å². The minimum Gasteiger partial charge on any atom is -0.449 e. The fourth-order valence-electron chi connectivity index (χ4n) is 2.83. The van der Waals surface area contributed by atoms with Gasteiger partial charge in [0.1, 0.15) is 12.4 Å². The molecule has 0 saturated carbocycles. The monoisotopic (exact) mass is 400 g/mol. The van der Waals surface area contributed by atoms with Gasteiger partial charge < -0.3 is 19.5 Å². The molecule has 1 aliphatic heterocycles. The van der Waals surface area contributed by atoms with Crippen LogP contribution < -0.4 is 15.0 Å². The van der Waals surface area contributed by atoms with E-state index in [0.717, 1.165) is 0 Å². The van der Waals surface area contributed by atoms with E-state index in [4.69, 9.17) is 14.2 Å². The quantitative estimate of drug-likeness (QED) is 0.570. The molecule has 0 bridgehead atoms. The average molecular weight is 400 g/mol. The first-order valence-corrected chi connectivity index (χ1v) is 8.90. The van der Waals surface area contributed by atoms with E-state index in [9.17, 15) is 14.0 Å². The zero-order chi connectivity index (χ0) is 20.8. The van der Waals surface area contributed by atoms with Gasteiger partial charge in [-0.1, -0.05) is 24.3 Å². The largest absolute Gasteiger partial charge is 0.449 e. The molecule has 1 N–H and O–H groups in total. The van der Waals surface area contributed by atoms with Gasteiger partial charge in [-0.05, 0) is 35.9 Å². The zero-order valence-electron chi connectivity index (χ0n) is 16.1. The van der Waals surface area contributed by atoms with Crippen molar-refractivity contribution in [3.05, 3.63) is 65.7 Å². The SMILES string of the molecule is COC(CNC(=O)CN1C(=O)C(=Cc2cccc(F)c2)Oc2ccccc21)OC. The highest BCUT2D eigenvalue weighted by molar-refractivity contribution is 6.12. The van der Waals surface area contributed by atoms with Gasteiger partial charge in [0.2, 0.25) is 5.91 Å². The van der Waals surface area contributed by atoms with Crippen LogP contribution >= 0.6 is 0 Å². The van der Waals surface area contributed by atoms with Gasteiger partial charge in [-0.2, -0.15) is 0 Å². The molecule has 7 nitrogen and oxygen atoms in total. The number of nitrogens with one attached hydrogen (secondary N) is 1. The van der Waals surface area contributed by atoms with Gasteiger partial charge in [0.25, 0.3) is 5.91 Å². The van der Waals surface area contributed by atoms with E-state index in [1.165, 1.54) is 43.4 Å². The highest BCUT2D eigenvalue weighted by Crippen LogP contribution is 2.35. The lowest BCUT2D eigenvalue weighted by molar-refractivity contribution is -0.127. The van der Waals surface area contributed by atoms with E-state index in [1.54, 1.807) is 30.3 Å². The summed E-state index contributed by atoms with van der Waals surface area (Å²) in [6.45, 7) is -0.0855. The summed E-state index contributed by atoms with van der Waals surface area (Å²) < 4.78 is 29.3. The van der Waals surface area contributed by atoms with Crippen LogP contribution in [-0.4, -0.2) is 45.4 Å². The molecular weight excluding hydrogens is 379 g/mol. The second-order valence-electron chi connectivity index (χ2n) is 6.23. The van der Waals surface area contributed by atoms with Crippen molar-refractivity contribution < 1.29 is 28.2 Å². The summed E-state index contributed by atoms with van der Waals surface area (Å²) >= 11 is 0. The molecule has 29 heavy (non-hydrogen) atoms. The van der Waals surface area contributed by atoms with Gasteiger partial charge in [-0.15, -0.1) is 0 Å². The highest BCUT2D eigenvalue weighted by atomic mass is 19.1. The standard InChI is InChI=1S/C21H21FN2O5/c1-27-20(28-2)12-23-19(25)13-24-16-8-3-4-9-17(16)29-18(21(24)26)11-14-6-5-7-15(22)10-14/h3-11,20H,12-13H2,1-2H3,(H,23,25). The maximum atomic E-state index is 13.5. The number of amides is 2. The molecule has 152 valence electrons. The smallest absolute Gasteiger partial charge is 0.294 e. The summed E-state index contributed by atoms with van der Waals surface area (Å²) in [7, 11) is 2.93. The number of ether oxygens (including phenoxy) is 3. The number of hydrogen-bond acceptors (Lipinski definition) is 5. The first kappa shape index (κ1) is 20.5. The Morgan fingerprint density at radius 2 is 1.97 bits per heavy atom. The van der Waals surface area contributed by atoms with Gasteiger partial charge in [0.15, 0.2) is 17.8 Å². The van der Waals surface area contributed by atoms with Crippen molar-refractivity contribution in [3.8, 4) is 5.75 Å². The molecule has 0 saturated heterocycles. The van der Waals surface area contributed by atoms with Gasteiger partial charge in [-0.25, -0.2) is 4.39 Å². The normalized spacial score (nSPS) is 14.7. The van der Waals surface area contributed by atoms with Crippen molar-refractivity contribution in [1.82, 2.24) is 5.32 Å². The minimum absolute atomic E-state index is 0.00578. The minimum atomic E-state index is -0.588. The van der Waals surface area contributed by atoms with E-state index in [-0.39, 0.29) is 24.8 Å². The Bertz CT molecular complexity index is 927. The van der Waals surface area contributed by atoms with Crippen LogP contribution in [0.2, 0.25) is 0 Å². The molecule has 2 aromatic carbocycles. The van der Waals surface area contributed by atoms with Crippen LogP contribution in [0.3, 0.4) is 0 Å². The summed E-state index contributed by atoms with van der Waals surface area (Å²) in [5.74, 6) is -0.898. The molecule has 3 rings (SSSR count). The van der Waals surface area contributed by atoms with E-state index < -0.39 is 18.0 Å². The number of nitrogens with zero attached hydrogens (tertiary/aromatic N) is 1. The van der Waals surface area contributed by atoms with Crippen molar-refractivity contribution in [3.63, 3.8) is 0 Å². The van der Waals surface area contributed by atoms with Crippen molar-refractivity contribution in [2.45, 2.75) is 6.29 Å². The van der Waals surface area contributed by atoms with E-state index >= 15 is 0 Å². The number of rotatable bonds is 7. The number of halogens is 1. The molecule has 8 heteroatoms. The summed E-state index contributed by atoms with van der Waals surface area (Å²) in [4.78, 5) is 26.7. The number of anilines is 1. The van der Waals surface area contributed by atoms with Crippen molar-refractivity contribution in [1.29, 1.82) is 0 Å². The molecule has 0 atom stereocenters. The summed E-state index contributed by atoms with van der Waals surface area (Å²) in [6, 6.07) is 12.7.